The molecule has 0 aliphatic heterocycles. The van der Waals surface area contributed by atoms with Crippen molar-refractivity contribution in [2.45, 2.75) is 13.0 Å². The molecule has 3 aromatic carbocycles. The van der Waals surface area contributed by atoms with Crippen LogP contribution in [0.5, 0.6) is 0 Å². The summed E-state index contributed by atoms with van der Waals surface area (Å²) in [5, 5.41) is 6.87. The predicted molar refractivity (Wildman–Crippen MR) is 112 cm³/mol. The molecule has 4 heteroatoms. The van der Waals surface area contributed by atoms with Crippen molar-refractivity contribution in [3.8, 4) is 0 Å². The van der Waals surface area contributed by atoms with Crippen LogP contribution in [0.15, 0.2) is 82.1 Å². The van der Waals surface area contributed by atoms with E-state index in [4.69, 9.17) is 4.42 Å². The lowest BCUT2D eigenvalue weighted by Crippen LogP contribution is -2.83. The number of hydrogen-bond donors (Lipinski definition) is 2. The molecule has 0 aliphatic rings. The van der Waals surface area contributed by atoms with Crippen LogP contribution in [0, 0.1) is 0 Å². The molecule has 28 heavy (non-hydrogen) atoms. The lowest BCUT2D eigenvalue weighted by molar-refractivity contribution is -0.669. The summed E-state index contributed by atoms with van der Waals surface area (Å²) in [6, 6.07) is 22.1. The van der Waals surface area contributed by atoms with E-state index in [2.05, 4.69) is 46.8 Å². The van der Waals surface area contributed by atoms with E-state index in [1.807, 2.05) is 30.3 Å². The lowest BCUT2D eigenvalue weighted by Gasteiger charge is -2.08. The summed E-state index contributed by atoms with van der Waals surface area (Å²) in [6.45, 7) is 1.70. The van der Waals surface area contributed by atoms with Crippen molar-refractivity contribution in [2.75, 3.05) is 6.54 Å². The van der Waals surface area contributed by atoms with Crippen molar-refractivity contribution >= 4 is 32.6 Å². The van der Waals surface area contributed by atoms with Crippen LogP contribution >= 0.6 is 0 Å². The van der Waals surface area contributed by atoms with Crippen molar-refractivity contribution in [3.05, 3.63) is 94.5 Å². The van der Waals surface area contributed by atoms with Gasteiger partial charge in [-0.2, -0.15) is 0 Å². The predicted octanol–water partition coefficient (Wildman–Crippen LogP) is 3.73. The van der Waals surface area contributed by atoms with Crippen LogP contribution in [0.2, 0.25) is 0 Å². The number of nitrogens with two attached hydrogens (primary N) is 1. The topological polar surface area (TPSA) is 62.6 Å². The zero-order valence-electron chi connectivity index (χ0n) is 15.4. The van der Waals surface area contributed by atoms with E-state index in [0.717, 1.165) is 41.2 Å². The minimum absolute atomic E-state index is 0.289. The van der Waals surface area contributed by atoms with E-state index >= 15 is 0 Å². The van der Waals surface area contributed by atoms with Crippen LogP contribution < -0.4 is 10.9 Å². The maximum absolute atomic E-state index is 12.0. The third-order valence-corrected chi connectivity index (χ3v) is 5.37. The Bertz CT molecular complexity index is 1350. The molecule has 0 amide bonds. The van der Waals surface area contributed by atoms with Crippen LogP contribution in [0.3, 0.4) is 0 Å². The van der Waals surface area contributed by atoms with Gasteiger partial charge in [-0.25, -0.2) is 4.79 Å². The Balaban J connectivity index is 1.40. The van der Waals surface area contributed by atoms with Gasteiger partial charge in [-0.15, -0.1) is 0 Å². The second-order valence-electron chi connectivity index (χ2n) is 7.14. The summed E-state index contributed by atoms with van der Waals surface area (Å²) < 4.78 is 5.45. The zero-order valence-corrected chi connectivity index (χ0v) is 15.4. The van der Waals surface area contributed by atoms with Gasteiger partial charge >= 0.3 is 5.63 Å². The maximum atomic E-state index is 12.0. The highest BCUT2D eigenvalue weighted by Crippen LogP contribution is 2.27. The highest BCUT2D eigenvalue weighted by Gasteiger charge is 2.11. The fourth-order valence-electron chi connectivity index (χ4n) is 4.03. The molecule has 0 saturated carbocycles. The number of benzene rings is 3. The summed E-state index contributed by atoms with van der Waals surface area (Å²) in [7, 11) is 0. The average Bonchev–Trinajstić information content (AvgIpc) is 3.14. The summed E-state index contributed by atoms with van der Waals surface area (Å²) in [5.74, 6) is 0. The Morgan fingerprint density at radius 2 is 1.71 bits per heavy atom. The van der Waals surface area contributed by atoms with Crippen molar-refractivity contribution in [2.24, 2.45) is 0 Å². The van der Waals surface area contributed by atoms with Gasteiger partial charge < -0.3 is 14.7 Å². The van der Waals surface area contributed by atoms with Gasteiger partial charge in [0.1, 0.15) is 12.1 Å². The van der Waals surface area contributed by atoms with Crippen LogP contribution in [0.1, 0.15) is 11.1 Å². The van der Waals surface area contributed by atoms with E-state index in [1.165, 1.54) is 16.5 Å². The number of aromatic nitrogens is 1. The SMILES string of the molecule is O=c1cc(C[NH2+]CCc2c[nH]c3ccccc23)c2c(ccc3ccccc32)o1. The second-order valence-corrected chi connectivity index (χ2v) is 7.14. The molecule has 0 unspecified atom stereocenters. The maximum Gasteiger partial charge on any atom is 0.336 e. The molecule has 0 radical (unpaired) electrons. The lowest BCUT2D eigenvalue weighted by atomic mass is 10.0. The van der Waals surface area contributed by atoms with Crippen molar-refractivity contribution < 1.29 is 9.73 Å². The van der Waals surface area contributed by atoms with Crippen LogP contribution in [0.25, 0.3) is 32.6 Å². The summed E-state index contributed by atoms with van der Waals surface area (Å²) in [6.07, 6.45) is 3.07. The van der Waals surface area contributed by atoms with Crippen LogP contribution in [-0.4, -0.2) is 11.5 Å². The van der Waals surface area contributed by atoms with E-state index in [0.29, 0.717) is 5.58 Å². The van der Waals surface area contributed by atoms with Crippen molar-refractivity contribution in [1.29, 1.82) is 0 Å². The molecule has 5 rings (SSSR count). The molecule has 2 aromatic heterocycles. The first-order valence-corrected chi connectivity index (χ1v) is 9.61. The molecule has 138 valence electrons. The standard InChI is InChI=1S/C24H20N2O2/c27-23-13-18(24-20-7-2-1-5-16(20)9-10-22(24)28-23)14-25-12-11-17-15-26-21-8-4-3-6-19(17)21/h1-10,13,15,25-26H,11-12,14H2/p+1. The quantitative estimate of drug-likeness (QED) is 0.282. The third kappa shape index (κ3) is 2.98. The Kier molecular flexibility index (Phi) is 4.18. The Morgan fingerprint density at radius 1 is 0.893 bits per heavy atom. The molecule has 0 atom stereocenters. The van der Waals surface area contributed by atoms with Crippen LogP contribution in [0.4, 0.5) is 0 Å². The minimum Gasteiger partial charge on any atom is -0.423 e. The smallest absolute Gasteiger partial charge is 0.336 e. The van der Waals surface area contributed by atoms with Gasteiger partial charge in [-0.3, -0.25) is 0 Å². The molecule has 0 spiro atoms. The fourth-order valence-corrected chi connectivity index (χ4v) is 4.03. The Hall–Kier alpha value is -3.37. The highest BCUT2D eigenvalue weighted by atomic mass is 16.4. The monoisotopic (exact) mass is 369 g/mol. The van der Waals surface area contributed by atoms with Gasteiger partial charge in [0.15, 0.2) is 0 Å². The zero-order chi connectivity index (χ0) is 18.9. The fraction of sp³-hybridized carbons (Fsp3) is 0.125. The van der Waals surface area contributed by atoms with Gasteiger partial charge in [-0.1, -0.05) is 48.5 Å². The third-order valence-electron chi connectivity index (χ3n) is 5.37. The Labute approximate surface area is 161 Å². The first-order valence-electron chi connectivity index (χ1n) is 9.61. The minimum atomic E-state index is -0.289. The number of fused-ring (bicyclic) bond motifs is 4. The molecule has 4 nitrogen and oxygen atoms in total. The number of nitrogens with one attached hydrogen (secondary N) is 1. The second kappa shape index (κ2) is 6.98. The molecular weight excluding hydrogens is 348 g/mol. The summed E-state index contributed by atoms with van der Waals surface area (Å²) in [5.41, 5.74) is 3.90. The first-order chi connectivity index (χ1) is 13.8. The van der Waals surface area contributed by atoms with E-state index in [9.17, 15) is 4.79 Å². The number of hydrogen-bond acceptors (Lipinski definition) is 2. The molecule has 0 fully saturated rings. The molecular formula is C24H21N2O2+. The van der Waals surface area contributed by atoms with Crippen molar-refractivity contribution in [3.63, 3.8) is 0 Å². The number of quaternary nitrogens is 1. The van der Waals surface area contributed by atoms with E-state index in [1.54, 1.807) is 6.07 Å². The van der Waals surface area contributed by atoms with Gasteiger partial charge in [-0.05, 0) is 28.5 Å². The summed E-state index contributed by atoms with van der Waals surface area (Å²) in [4.78, 5) is 15.4. The largest absolute Gasteiger partial charge is 0.423 e. The summed E-state index contributed by atoms with van der Waals surface area (Å²) >= 11 is 0. The van der Waals surface area contributed by atoms with Gasteiger partial charge in [0.05, 0.1) is 6.54 Å². The van der Waals surface area contributed by atoms with E-state index in [-0.39, 0.29) is 5.63 Å². The number of aromatic amines is 1. The first kappa shape index (κ1) is 16.8. The molecule has 5 aromatic rings. The molecule has 0 bridgehead atoms. The van der Waals surface area contributed by atoms with Gasteiger partial charge in [0.25, 0.3) is 0 Å². The van der Waals surface area contributed by atoms with Gasteiger partial charge in [0, 0.05) is 40.5 Å². The highest BCUT2D eigenvalue weighted by molar-refractivity contribution is 6.06. The van der Waals surface area contributed by atoms with Crippen molar-refractivity contribution in [1.82, 2.24) is 4.98 Å². The van der Waals surface area contributed by atoms with E-state index < -0.39 is 0 Å². The number of para-hydroxylation sites is 1. The number of H-pyrrole nitrogens is 1. The van der Waals surface area contributed by atoms with Gasteiger partial charge in [0.2, 0.25) is 0 Å². The Morgan fingerprint density at radius 3 is 2.64 bits per heavy atom. The average molecular weight is 369 g/mol. The molecule has 2 heterocycles. The molecule has 3 N–H and O–H groups in total. The molecule has 0 aliphatic carbocycles. The van der Waals surface area contributed by atoms with Crippen LogP contribution in [-0.2, 0) is 13.0 Å². The number of rotatable bonds is 5. The molecule has 0 saturated heterocycles. The normalized spacial score (nSPS) is 11.6.